The second-order valence-electron chi connectivity index (χ2n) is 4.97. The Hall–Kier alpha value is -0.640. The third-order valence-corrected chi connectivity index (χ3v) is 5.04. The summed E-state index contributed by atoms with van der Waals surface area (Å²) < 4.78 is 1.12. The maximum Gasteiger partial charge on any atom is 0.0939 e. The minimum absolute atomic E-state index is 0.734. The van der Waals surface area contributed by atoms with Crippen molar-refractivity contribution in [1.82, 2.24) is 4.98 Å². The third-order valence-electron chi connectivity index (χ3n) is 3.45. The van der Waals surface area contributed by atoms with E-state index in [1.807, 2.05) is 18.2 Å². The molecule has 0 aliphatic heterocycles. The average molecular weight is 297 g/mol. The standard InChI is InChI=1S/C15H21ClN2S/c1-2-4-11(9-10-17)7-8-14-18-13-6-3-5-12(16)15(13)19-14/h3,5-6,11H,2,4,7-10,17H2,1H3. The van der Waals surface area contributed by atoms with E-state index in [2.05, 4.69) is 11.9 Å². The Morgan fingerprint density at radius 2 is 2.16 bits per heavy atom. The average Bonchev–Trinajstić information content (AvgIpc) is 2.81. The highest BCUT2D eigenvalue weighted by molar-refractivity contribution is 7.19. The zero-order valence-corrected chi connectivity index (χ0v) is 12.9. The van der Waals surface area contributed by atoms with Crippen molar-refractivity contribution in [3.63, 3.8) is 0 Å². The van der Waals surface area contributed by atoms with E-state index in [0.29, 0.717) is 0 Å². The zero-order chi connectivity index (χ0) is 13.7. The van der Waals surface area contributed by atoms with Gasteiger partial charge in [-0.05, 0) is 43.9 Å². The predicted octanol–water partition coefficient (Wildman–Crippen LogP) is 4.65. The van der Waals surface area contributed by atoms with Crippen LogP contribution in [-0.2, 0) is 6.42 Å². The van der Waals surface area contributed by atoms with Gasteiger partial charge in [-0.15, -0.1) is 11.3 Å². The number of aromatic nitrogens is 1. The lowest BCUT2D eigenvalue weighted by Gasteiger charge is -2.13. The zero-order valence-electron chi connectivity index (χ0n) is 11.4. The van der Waals surface area contributed by atoms with E-state index in [0.717, 1.165) is 40.5 Å². The first kappa shape index (κ1) is 14.8. The van der Waals surface area contributed by atoms with Crippen LogP contribution in [0.1, 0.15) is 37.6 Å². The fourth-order valence-corrected chi connectivity index (χ4v) is 3.74. The molecule has 0 fully saturated rings. The molecule has 0 radical (unpaired) electrons. The van der Waals surface area contributed by atoms with Crippen LogP contribution in [0.2, 0.25) is 5.02 Å². The van der Waals surface area contributed by atoms with Gasteiger partial charge in [0.25, 0.3) is 0 Å². The number of rotatable bonds is 7. The molecule has 2 N–H and O–H groups in total. The molecule has 1 atom stereocenters. The summed E-state index contributed by atoms with van der Waals surface area (Å²) in [5, 5.41) is 2.01. The van der Waals surface area contributed by atoms with Gasteiger partial charge in [-0.1, -0.05) is 37.4 Å². The van der Waals surface area contributed by atoms with Crippen LogP contribution >= 0.6 is 22.9 Å². The Labute approximate surface area is 124 Å². The molecule has 0 saturated carbocycles. The molecular formula is C15H21ClN2S. The van der Waals surface area contributed by atoms with Gasteiger partial charge in [0.05, 0.1) is 20.2 Å². The van der Waals surface area contributed by atoms with E-state index >= 15 is 0 Å². The van der Waals surface area contributed by atoms with E-state index < -0.39 is 0 Å². The molecule has 0 amide bonds. The highest BCUT2D eigenvalue weighted by Gasteiger charge is 2.11. The minimum Gasteiger partial charge on any atom is -0.330 e. The van der Waals surface area contributed by atoms with Crippen LogP contribution in [0.15, 0.2) is 18.2 Å². The van der Waals surface area contributed by atoms with E-state index in [1.165, 1.54) is 24.3 Å². The molecular weight excluding hydrogens is 276 g/mol. The SMILES string of the molecule is CCCC(CCN)CCc1nc2cccc(Cl)c2s1. The molecule has 0 saturated heterocycles. The Bertz CT molecular complexity index is 518. The lowest BCUT2D eigenvalue weighted by molar-refractivity contribution is 0.421. The number of nitrogens with two attached hydrogens (primary N) is 1. The number of hydrogen-bond donors (Lipinski definition) is 1. The molecule has 0 aliphatic rings. The lowest BCUT2D eigenvalue weighted by Crippen LogP contribution is -2.09. The quantitative estimate of drug-likeness (QED) is 0.808. The van der Waals surface area contributed by atoms with Crippen molar-refractivity contribution < 1.29 is 0 Å². The van der Waals surface area contributed by atoms with Gasteiger partial charge in [0.2, 0.25) is 0 Å². The van der Waals surface area contributed by atoms with Crippen LogP contribution in [0.5, 0.6) is 0 Å². The maximum absolute atomic E-state index is 6.19. The molecule has 2 aromatic rings. The van der Waals surface area contributed by atoms with Gasteiger partial charge in [0.1, 0.15) is 0 Å². The highest BCUT2D eigenvalue weighted by Crippen LogP contribution is 2.30. The van der Waals surface area contributed by atoms with Crippen molar-refractivity contribution in [1.29, 1.82) is 0 Å². The van der Waals surface area contributed by atoms with Gasteiger partial charge < -0.3 is 5.73 Å². The first-order valence-corrected chi connectivity index (χ1v) is 8.18. The van der Waals surface area contributed by atoms with E-state index in [4.69, 9.17) is 17.3 Å². The summed E-state index contributed by atoms with van der Waals surface area (Å²) >= 11 is 7.91. The summed E-state index contributed by atoms with van der Waals surface area (Å²) in [5.74, 6) is 0.734. The van der Waals surface area contributed by atoms with Crippen LogP contribution in [0.4, 0.5) is 0 Å². The summed E-state index contributed by atoms with van der Waals surface area (Å²) in [7, 11) is 0. The Kier molecular flexibility index (Phi) is 5.61. The van der Waals surface area contributed by atoms with Gasteiger partial charge >= 0.3 is 0 Å². The van der Waals surface area contributed by atoms with Crippen molar-refractivity contribution in [2.24, 2.45) is 11.7 Å². The fourth-order valence-electron chi connectivity index (χ4n) is 2.47. The van der Waals surface area contributed by atoms with Crippen LogP contribution in [0.3, 0.4) is 0 Å². The largest absolute Gasteiger partial charge is 0.330 e. The number of thiazole rings is 1. The van der Waals surface area contributed by atoms with Crippen molar-refractivity contribution in [2.75, 3.05) is 6.54 Å². The summed E-state index contributed by atoms with van der Waals surface area (Å²) in [4.78, 5) is 4.67. The van der Waals surface area contributed by atoms with Crippen LogP contribution < -0.4 is 5.73 Å². The summed E-state index contributed by atoms with van der Waals surface area (Å²) in [6.07, 6.45) is 5.85. The van der Waals surface area contributed by atoms with E-state index in [-0.39, 0.29) is 0 Å². The van der Waals surface area contributed by atoms with Gasteiger partial charge in [0.15, 0.2) is 0 Å². The molecule has 0 spiro atoms. The predicted molar refractivity (Wildman–Crippen MR) is 85.0 cm³/mol. The van der Waals surface area contributed by atoms with Crippen molar-refractivity contribution in [3.8, 4) is 0 Å². The number of benzene rings is 1. The van der Waals surface area contributed by atoms with Crippen LogP contribution in [0, 0.1) is 5.92 Å². The number of halogens is 1. The smallest absolute Gasteiger partial charge is 0.0939 e. The lowest BCUT2D eigenvalue weighted by atomic mass is 9.95. The second-order valence-corrected chi connectivity index (χ2v) is 6.46. The van der Waals surface area contributed by atoms with E-state index in [9.17, 15) is 0 Å². The van der Waals surface area contributed by atoms with E-state index in [1.54, 1.807) is 11.3 Å². The molecule has 19 heavy (non-hydrogen) atoms. The van der Waals surface area contributed by atoms with Gasteiger partial charge in [-0.2, -0.15) is 0 Å². The number of aryl methyl sites for hydroxylation is 1. The molecule has 1 unspecified atom stereocenters. The fraction of sp³-hybridized carbons (Fsp3) is 0.533. The highest BCUT2D eigenvalue weighted by atomic mass is 35.5. The Morgan fingerprint density at radius 3 is 2.84 bits per heavy atom. The molecule has 1 aromatic carbocycles. The molecule has 2 rings (SSSR count). The molecule has 4 heteroatoms. The van der Waals surface area contributed by atoms with Crippen molar-refractivity contribution in [2.45, 2.75) is 39.0 Å². The van der Waals surface area contributed by atoms with Gasteiger partial charge in [-0.25, -0.2) is 4.98 Å². The summed E-state index contributed by atoms with van der Waals surface area (Å²) in [5.41, 5.74) is 6.71. The van der Waals surface area contributed by atoms with Crippen LogP contribution in [-0.4, -0.2) is 11.5 Å². The molecule has 1 aromatic heterocycles. The molecule has 0 bridgehead atoms. The topological polar surface area (TPSA) is 38.9 Å². The Balaban J connectivity index is 2.02. The van der Waals surface area contributed by atoms with Gasteiger partial charge in [0, 0.05) is 0 Å². The number of hydrogen-bond acceptors (Lipinski definition) is 3. The molecule has 104 valence electrons. The van der Waals surface area contributed by atoms with Crippen molar-refractivity contribution in [3.05, 3.63) is 28.2 Å². The first-order chi connectivity index (χ1) is 9.24. The summed E-state index contributed by atoms with van der Waals surface area (Å²) in [6, 6.07) is 5.92. The maximum atomic E-state index is 6.19. The monoisotopic (exact) mass is 296 g/mol. The molecule has 0 aliphatic carbocycles. The third kappa shape index (κ3) is 3.91. The molecule has 2 nitrogen and oxygen atoms in total. The number of nitrogens with zero attached hydrogens (tertiary/aromatic N) is 1. The molecule has 1 heterocycles. The first-order valence-electron chi connectivity index (χ1n) is 6.98. The van der Waals surface area contributed by atoms with Gasteiger partial charge in [-0.3, -0.25) is 0 Å². The van der Waals surface area contributed by atoms with Crippen LogP contribution in [0.25, 0.3) is 10.2 Å². The summed E-state index contributed by atoms with van der Waals surface area (Å²) in [6.45, 7) is 3.03. The minimum atomic E-state index is 0.734. The second kappa shape index (κ2) is 7.22. The Morgan fingerprint density at radius 1 is 1.32 bits per heavy atom. The normalized spacial score (nSPS) is 13.0. The van der Waals surface area contributed by atoms with Crippen molar-refractivity contribution >= 4 is 33.2 Å². The number of fused-ring (bicyclic) bond motifs is 1.